The molecule has 2 amide bonds. The summed E-state index contributed by atoms with van der Waals surface area (Å²) >= 11 is 0. The molecule has 5 heteroatoms. The Hall–Kier alpha value is -1.91. The average molecular weight is 318 g/mol. The van der Waals surface area contributed by atoms with Crippen LogP contribution in [0.25, 0.3) is 0 Å². The molecule has 1 aliphatic carbocycles. The summed E-state index contributed by atoms with van der Waals surface area (Å²) in [6, 6.07) is 5.90. The number of amides is 2. The van der Waals surface area contributed by atoms with Crippen molar-refractivity contribution in [2.24, 2.45) is 5.92 Å². The third-order valence-electron chi connectivity index (χ3n) is 5.19. The third-order valence-corrected chi connectivity index (χ3v) is 5.19. The fourth-order valence-corrected chi connectivity index (χ4v) is 3.79. The maximum absolute atomic E-state index is 13.2. The second kappa shape index (κ2) is 6.69. The molecule has 1 heterocycles. The van der Waals surface area contributed by atoms with Gasteiger partial charge < -0.3 is 10.2 Å². The molecule has 1 aromatic rings. The Bertz CT molecular complexity index is 581. The second-order valence-electron chi connectivity index (χ2n) is 6.64. The molecule has 4 nitrogen and oxygen atoms in total. The minimum Gasteiger partial charge on any atom is -0.347 e. The van der Waals surface area contributed by atoms with Crippen LogP contribution in [0.1, 0.15) is 50.1 Å². The Morgan fingerprint density at radius 3 is 2.43 bits per heavy atom. The molecule has 0 spiro atoms. The first kappa shape index (κ1) is 16.0. The van der Waals surface area contributed by atoms with E-state index in [-0.39, 0.29) is 29.7 Å². The van der Waals surface area contributed by atoms with Gasteiger partial charge in [-0.25, -0.2) is 4.39 Å². The maximum atomic E-state index is 13.2. The van der Waals surface area contributed by atoms with Crippen molar-refractivity contribution < 1.29 is 14.0 Å². The number of likely N-dealkylation sites (N-methyl/N-ethyl adjacent to an activating group) is 1. The molecule has 0 radical (unpaired) electrons. The van der Waals surface area contributed by atoms with Crippen molar-refractivity contribution in [3.05, 3.63) is 35.6 Å². The van der Waals surface area contributed by atoms with Crippen LogP contribution >= 0.6 is 0 Å². The molecule has 23 heavy (non-hydrogen) atoms. The second-order valence-corrected chi connectivity index (χ2v) is 6.64. The molecule has 2 aliphatic rings. The Labute approximate surface area is 136 Å². The highest BCUT2D eigenvalue weighted by molar-refractivity contribution is 5.90. The summed E-state index contributed by atoms with van der Waals surface area (Å²) in [6.45, 7) is 0. The van der Waals surface area contributed by atoms with Crippen molar-refractivity contribution in [3.8, 4) is 0 Å². The van der Waals surface area contributed by atoms with E-state index in [0.29, 0.717) is 18.8 Å². The molecular formula is C18H23FN2O2. The lowest BCUT2D eigenvalue weighted by molar-refractivity contribution is -0.134. The monoisotopic (exact) mass is 318 g/mol. The topological polar surface area (TPSA) is 49.4 Å². The summed E-state index contributed by atoms with van der Waals surface area (Å²) in [7, 11) is 1.68. The lowest BCUT2D eigenvalue weighted by atomic mass is 9.91. The van der Waals surface area contributed by atoms with Crippen LogP contribution in [0.3, 0.4) is 0 Å². The van der Waals surface area contributed by atoms with Crippen LogP contribution < -0.4 is 5.32 Å². The number of carbonyl (C=O) groups is 2. The first-order chi connectivity index (χ1) is 11.1. The van der Waals surface area contributed by atoms with Crippen LogP contribution in [0.15, 0.2) is 24.3 Å². The van der Waals surface area contributed by atoms with Gasteiger partial charge in [0.15, 0.2) is 0 Å². The van der Waals surface area contributed by atoms with Gasteiger partial charge in [0.2, 0.25) is 11.8 Å². The van der Waals surface area contributed by atoms with Crippen LogP contribution in [0.2, 0.25) is 0 Å². The predicted molar refractivity (Wildman–Crippen MR) is 85.0 cm³/mol. The van der Waals surface area contributed by atoms with Gasteiger partial charge in [0.05, 0.1) is 6.04 Å². The largest absolute Gasteiger partial charge is 0.347 e. The predicted octanol–water partition coefficient (Wildman–Crippen LogP) is 2.79. The lowest BCUT2D eigenvalue weighted by Crippen LogP contribution is -2.45. The van der Waals surface area contributed by atoms with Crippen LogP contribution in [0, 0.1) is 11.7 Å². The molecule has 124 valence electrons. The number of carbonyl (C=O) groups excluding carboxylic acids is 2. The van der Waals surface area contributed by atoms with E-state index in [1.54, 1.807) is 19.2 Å². The van der Waals surface area contributed by atoms with Crippen molar-refractivity contribution in [3.63, 3.8) is 0 Å². The van der Waals surface area contributed by atoms with Crippen LogP contribution in [-0.4, -0.2) is 29.8 Å². The Kier molecular flexibility index (Phi) is 4.64. The smallest absolute Gasteiger partial charge is 0.243 e. The van der Waals surface area contributed by atoms with Crippen molar-refractivity contribution >= 4 is 11.8 Å². The van der Waals surface area contributed by atoms with E-state index in [4.69, 9.17) is 0 Å². The van der Waals surface area contributed by atoms with Crippen LogP contribution in [-0.2, 0) is 9.59 Å². The van der Waals surface area contributed by atoms with Gasteiger partial charge in [0.25, 0.3) is 0 Å². The van der Waals surface area contributed by atoms with E-state index in [2.05, 4.69) is 5.32 Å². The van der Waals surface area contributed by atoms with E-state index < -0.39 is 0 Å². The van der Waals surface area contributed by atoms with Crippen LogP contribution in [0.5, 0.6) is 0 Å². The average Bonchev–Trinajstić information content (AvgIpc) is 3.17. The van der Waals surface area contributed by atoms with Gasteiger partial charge in [-0.05, 0) is 42.9 Å². The highest BCUT2D eigenvalue weighted by Crippen LogP contribution is 2.36. The fraction of sp³-hybridized carbons (Fsp3) is 0.556. The van der Waals surface area contributed by atoms with Gasteiger partial charge >= 0.3 is 0 Å². The van der Waals surface area contributed by atoms with Crippen molar-refractivity contribution in [2.45, 2.75) is 50.6 Å². The van der Waals surface area contributed by atoms with Crippen molar-refractivity contribution in [1.82, 2.24) is 10.2 Å². The molecular weight excluding hydrogens is 295 g/mol. The zero-order valence-corrected chi connectivity index (χ0v) is 13.4. The number of hydrogen-bond donors (Lipinski definition) is 1. The number of nitrogens with zero attached hydrogens (tertiary/aromatic N) is 1. The zero-order chi connectivity index (χ0) is 16.4. The summed E-state index contributed by atoms with van der Waals surface area (Å²) in [6.07, 6.45) is 5.48. The molecule has 2 fully saturated rings. The first-order valence-corrected chi connectivity index (χ1v) is 8.38. The van der Waals surface area contributed by atoms with E-state index in [1.165, 1.54) is 29.9 Å². The highest BCUT2D eigenvalue weighted by atomic mass is 19.1. The molecule has 2 atom stereocenters. The minimum absolute atomic E-state index is 0.0179. The van der Waals surface area contributed by atoms with Gasteiger partial charge in [-0.15, -0.1) is 0 Å². The number of hydrogen-bond acceptors (Lipinski definition) is 2. The Balaban J connectivity index is 1.77. The van der Waals surface area contributed by atoms with E-state index in [0.717, 1.165) is 18.4 Å². The van der Waals surface area contributed by atoms with Gasteiger partial charge in [0, 0.05) is 13.5 Å². The number of nitrogens with one attached hydrogen (secondary N) is 1. The molecule has 1 aliphatic heterocycles. The lowest BCUT2D eigenvalue weighted by Gasteiger charge is -2.28. The number of halogens is 1. The molecule has 0 bridgehead atoms. The zero-order valence-electron chi connectivity index (χ0n) is 13.4. The minimum atomic E-state index is -0.383. The normalized spacial score (nSPS) is 23.3. The van der Waals surface area contributed by atoms with Crippen molar-refractivity contribution in [2.75, 3.05) is 7.05 Å². The Morgan fingerprint density at radius 1 is 1.22 bits per heavy atom. The number of rotatable bonds is 4. The quantitative estimate of drug-likeness (QED) is 0.928. The third kappa shape index (κ3) is 3.38. The standard InChI is InChI=1S/C18H23FN2O2/c1-21-15(10-11-16(21)22)18(23)20-17(12-4-2-3-5-12)13-6-8-14(19)9-7-13/h6-9,12,15,17H,2-5,10-11H2,1H3,(H,20,23). The number of benzene rings is 1. The summed E-state index contributed by atoms with van der Waals surface area (Å²) in [5.41, 5.74) is 0.943. The van der Waals surface area contributed by atoms with Gasteiger partial charge in [0.1, 0.15) is 11.9 Å². The molecule has 2 unspecified atom stereocenters. The SMILES string of the molecule is CN1C(=O)CCC1C(=O)NC(c1ccc(F)cc1)C1CCCC1. The molecule has 0 aromatic heterocycles. The summed E-state index contributed by atoms with van der Waals surface area (Å²) in [4.78, 5) is 25.8. The van der Waals surface area contributed by atoms with Gasteiger partial charge in [-0.3, -0.25) is 9.59 Å². The first-order valence-electron chi connectivity index (χ1n) is 8.38. The molecule has 1 aromatic carbocycles. The maximum Gasteiger partial charge on any atom is 0.243 e. The molecule has 1 saturated heterocycles. The molecule has 1 N–H and O–H groups in total. The fourth-order valence-electron chi connectivity index (χ4n) is 3.79. The number of likely N-dealkylation sites (tertiary alicyclic amines) is 1. The van der Waals surface area contributed by atoms with E-state index >= 15 is 0 Å². The van der Waals surface area contributed by atoms with Crippen LogP contribution in [0.4, 0.5) is 4.39 Å². The Morgan fingerprint density at radius 2 is 1.87 bits per heavy atom. The summed E-state index contributed by atoms with van der Waals surface area (Å²) in [5.74, 6) is 0.0297. The van der Waals surface area contributed by atoms with E-state index in [1.807, 2.05) is 0 Å². The van der Waals surface area contributed by atoms with Gasteiger partial charge in [-0.2, -0.15) is 0 Å². The van der Waals surface area contributed by atoms with E-state index in [9.17, 15) is 14.0 Å². The summed E-state index contributed by atoms with van der Waals surface area (Å²) in [5, 5.41) is 3.13. The highest BCUT2D eigenvalue weighted by Gasteiger charge is 2.36. The molecule has 3 rings (SSSR count). The van der Waals surface area contributed by atoms with Gasteiger partial charge in [-0.1, -0.05) is 25.0 Å². The molecule has 1 saturated carbocycles. The summed E-state index contributed by atoms with van der Waals surface area (Å²) < 4.78 is 13.2. The van der Waals surface area contributed by atoms with Crippen molar-refractivity contribution in [1.29, 1.82) is 0 Å².